The van der Waals surface area contributed by atoms with Gasteiger partial charge in [0.1, 0.15) is 0 Å². The Kier molecular flexibility index (Phi) is 4.83. The van der Waals surface area contributed by atoms with Crippen molar-refractivity contribution in [3.8, 4) is 0 Å². The van der Waals surface area contributed by atoms with E-state index in [1.165, 1.54) is 4.31 Å². The molecule has 1 aliphatic heterocycles. The Hall–Kier alpha value is -0.910. The number of aliphatic hydroxyl groups is 1. The fourth-order valence-electron chi connectivity index (χ4n) is 2.54. The van der Waals surface area contributed by atoms with E-state index < -0.39 is 15.6 Å². The SMILES string of the molecule is CC1(O)CCCN(S(=O)(=O)CCc2ccccc2)CC1. The lowest BCUT2D eigenvalue weighted by atomic mass is 9.98. The summed E-state index contributed by atoms with van der Waals surface area (Å²) in [5, 5.41) is 10.0. The third-order valence-electron chi connectivity index (χ3n) is 3.91. The monoisotopic (exact) mass is 297 g/mol. The van der Waals surface area contributed by atoms with Gasteiger partial charge in [0.25, 0.3) is 0 Å². The molecule has 1 aliphatic rings. The number of rotatable bonds is 4. The molecule has 2 rings (SSSR count). The lowest BCUT2D eigenvalue weighted by molar-refractivity contribution is 0.0465. The molecule has 0 spiro atoms. The molecule has 1 aromatic rings. The summed E-state index contributed by atoms with van der Waals surface area (Å²) in [6, 6.07) is 9.66. The molecule has 0 bridgehead atoms. The maximum atomic E-state index is 12.4. The first-order valence-electron chi connectivity index (χ1n) is 7.13. The molecule has 1 unspecified atom stereocenters. The molecule has 1 atom stereocenters. The van der Waals surface area contributed by atoms with E-state index in [1.54, 1.807) is 6.92 Å². The first-order chi connectivity index (χ1) is 9.39. The normalized spacial score (nSPS) is 25.3. The molecule has 112 valence electrons. The summed E-state index contributed by atoms with van der Waals surface area (Å²) in [6.07, 6.45) is 2.43. The van der Waals surface area contributed by atoms with E-state index in [4.69, 9.17) is 0 Å². The number of benzene rings is 1. The Balaban J connectivity index is 1.96. The maximum Gasteiger partial charge on any atom is 0.214 e. The molecule has 4 nitrogen and oxygen atoms in total. The van der Waals surface area contributed by atoms with Gasteiger partial charge in [-0.1, -0.05) is 30.3 Å². The van der Waals surface area contributed by atoms with Gasteiger partial charge >= 0.3 is 0 Å². The summed E-state index contributed by atoms with van der Waals surface area (Å²) in [7, 11) is -3.23. The molecule has 1 fully saturated rings. The quantitative estimate of drug-likeness (QED) is 0.922. The van der Waals surface area contributed by atoms with Crippen LogP contribution in [0.25, 0.3) is 0 Å². The van der Waals surface area contributed by atoms with Crippen molar-refractivity contribution in [2.45, 2.75) is 38.2 Å². The molecule has 20 heavy (non-hydrogen) atoms. The molecule has 5 heteroatoms. The molecule has 1 heterocycles. The fourth-order valence-corrected chi connectivity index (χ4v) is 4.07. The van der Waals surface area contributed by atoms with Crippen LogP contribution >= 0.6 is 0 Å². The van der Waals surface area contributed by atoms with E-state index in [1.807, 2.05) is 30.3 Å². The third kappa shape index (κ3) is 4.30. The predicted octanol–water partition coefficient (Wildman–Crippen LogP) is 1.80. The summed E-state index contributed by atoms with van der Waals surface area (Å²) < 4.78 is 26.3. The van der Waals surface area contributed by atoms with Gasteiger partial charge in [0.2, 0.25) is 10.0 Å². The zero-order valence-electron chi connectivity index (χ0n) is 12.0. The minimum absolute atomic E-state index is 0.138. The number of nitrogens with zero attached hydrogens (tertiary/aromatic N) is 1. The van der Waals surface area contributed by atoms with Gasteiger partial charge < -0.3 is 5.11 Å². The van der Waals surface area contributed by atoms with Crippen molar-refractivity contribution in [1.29, 1.82) is 0 Å². The highest BCUT2D eigenvalue weighted by Crippen LogP contribution is 2.23. The average Bonchev–Trinajstić information content (AvgIpc) is 2.59. The molecule has 0 saturated carbocycles. The number of hydrogen-bond donors (Lipinski definition) is 1. The van der Waals surface area contributed by atoms with Crippen molar-refractivity contribution in [3.63, 3.8) is 0 Å². The van der Waals surface area contributed by atoms with Crippen LogP contribution in [0.15, 0.2) is 30.3 Å². The highest BCUT2D eigenvalue weighted by molar-refractivity contribution is 7.89. The van der Waals surface area contributed by atoms with Crippen LogP contribution in [0.2, 0.25) is 0 Å². The lowest BCUT2D eigenvalue weighted by Crippen LogP contribution is -2.35. The van der Waals surface area contributed by atoms with Crippen molar-refractivity contribution >= 4 is 10.0 Å². The number of aryl methyl sites for hydroxylation is 1. The second kappa shape index (κ2) is 6.24. The van der Waals surface area contributed by atoms with Gasteiger partial charge in [0.15, 0.2) is 0 Å². The summed E-state index contributed by atoms with van der Waals surface area (Å²) in [5.41, 5.74) is 0.307. The Labute approximate surface area is 121 Å². The molecular weight excluding hydrogens is 274 g/mol. The number of hydrogen-bond acceptors (Lipinski definition) is 3. The van der Waals surface area contributed by atoms with Crippen LogP contribution in [0.5, 0.6) is 0 Å². The van der Waals surface area contributed by atoms with Crippen LogP contribution < -0.4 is 0 Å². The number of sulfonamides is 1. The summed E-state index contributed by atoms with van der Waals surface area (Å²) in [5.74, 6) is 0.138. The van der Waals surface area contributed by atoms with Crippen molar-refractivity contribution in [1.82, 2.24) is 4.31 Å². The second-order valence-corrected chi connectivity index (χ2v) is 7.89. The molecule has 1 saturated heterocycles. The minimum atomic E-state index is -3.23. The van der Waals surface area contributed by atoms with Gasteiger partial charge in [0.05, 0.1) is 11.4 Å². The van der Waals surface area contributed by atoms with Crippen LogP contribution in [0.4, 0.5) is 0 Å². The topological polar surface area (TPSA) is 57.6 Å². The average molecular weight is 297 g/mol. The van der Waals surface area contributed by atoms with Gasteiger partial charge in [-0.05, 0) is 38.2 Å². The van der Waals surface area contributed by atoms with E-state index in [2.05, 4.69) is 0 Å². The third-order valence-corrected chi connectivity index (χ3v) is 5.78. The largest absolute Gasteiger partial charge is 0.390 e. The first-order valence-corrected chi connectivity index (χ1v) is 8.74. The van der Waals surface area contributed by atoms with Crippen LogP contribution in [0.3, 0.4) is 0 Å². The molecule has 0 amide bonds. The van der Waals surface area contributed by atoms with Gasteiger partial charge in [-0.2, -0.15) is 0 Å². The van der Waals surface area contributed by atoms with Crippen molar-refractivity contribution < 1.29 is 13.5 Å². The molecule has 1 aromatic carbocycles. The van der Waals surface area contributed by atoms with Crippen LogP contribution in [0.1, 0.15) is 31.7 Å². The standard InChI is InChI=1S/C15H23NO3S/c1-15(17)9-5-11-16(12-10-15)20(18,19)13-8-14-6-3-2-4-7-14/h2-4,6-7,17H,5,8-13H2,1H3. The molecule has 0 aromatic heterocycles. The minimum Gasteiger partial charge on any atom is -0.390 e. The van der Waals surface area contributed by atoms with E-state index in [0.717, 1.165) is 12.0 Å². The van der Waals surface area contributed by atoms with Crippen molar-refractivity contribution in [2.24, 2.45) is 0 Å². The Morgan fingerprint density at radius 2 is 1.90 bits per heavy atom. The van der Waals surface area contributed by atoms with Crippen molar-refractivity contribution in [3.05, 3.63) is 35.9 Å². The van der Waals surface area contributed by atoms with E-state index >= 15 is 0 Å². The summed E-state index contributed by atoms with van der Waals surface area (Å²) in [6.45, 7) is 2.73. The van der Waals surface area contributed by atoms with Crippen molar-refractivity contribution in [2.75, 3.05) is 18.8 Å². The highest BCUT2D eigenvalue weighted by Gasteiger charge is 2.30. The van der Waals surface area contributed by atoms with Gasteiger partial charge in [-0.25, -0.2) is 12.7 Å². The van der Waals surface area contributed by atoms with Gasteiger partial charge in [0, 0.05) is 13.1 Å². The smallest absolute Gasteiger partial charge is 0.214 e. The molecule has 1 N–H and O–H groups in total. The van der Waals surface area contributed by atoms with Crippen LogP contribution in [-0.4, -0.2) is 42.3 Å². The summed E-state index contributed by atoms with van der Waals surface area (Å²) in [4.78, 5) is 0. The zero-order chi connectivity index (χ0) is 14.6. The molecule has 0 radical (unpaired) electrons. The first kappa shape index (κ1) is 15.5. The van der Waals surface area contributed by atoms with E-state index in [0.29, 0.717) is 32.4 Å². The molecular formula is C15H23NO3S. The Morgan fingerprint density at radius 1 is 1.20 bits per heavy atom. The van der Waals surface area contributed by atoms with Crippen LogP contribution in [-0.2, 0) is 16.4 Å². The Bertz CT molecular complexity index is 525. The lowest BCUT2D eigenvalue weighted by Gasteiger charge is -2.22. The van der Waals surface area contributed by atoms with Gasteiger partial charge in [-0.3, -0.25) is 0 Å². The Morgan fingerprint density at radius 3 is 2.60 bits per heavy atom. The highest BCUT2D eigenvalue weighted by atomic mass is 32.2. The van der Waals surface area contributed by atoms with E-state index in [-0.39, 0.29) is 5.75 Å². The maximum absolute atomic E-state index is 12.4. The van der Waals surface area contributed by atoms with Gasteiger partial charge in [-0.15, -0.1) is 0 Å². The van der Waals surface area contributed by atoms with Crippen LogP contribution in [0, 0.1) is 0 Å². The fraction of sp³-hybridized carbons (Fsp3) is 0.600. The second-order valence-electron chi connectivity index (χ2n) is 5.80. The molecule has 0 aliphatic carbocycles. The zero-order valence-corrected chi connectivity index (χ0v) is 12.8. The summed E-state index contributed by atoms with van der Waals surface area (Å²) >= 11 is 0. The van der Waals surface area contributed by atoms with E-state index in [9.17, 15) is 13.5 Å². The predicted molar refractivity (Wildman–Crippen MR) is 80.0 cm³/mol.